The molecule has 21 heavy (non-hydrogen) atoms. The number of nitrogens with zero attached hydrogens (tertiary/aromatic N) is 2. The summed E-state index contributed by atoms with van der Waals surface area (Å²) in [5.41, 5.74) is 1.81. The van der Waals surface area contributed by atoms with E-state index in [2.05, 4.69) is 21.2 Å². The van der Waals surface area contributed by atoms with E-state index in [1.165, 1.54) is 12.1 Å². The molecule has 0 bridgehead atoms. The Hall–Kier alpha value is -2.39. The zero-order valence-electron chi connectivity index (χ0n) is 11.2. The van der Waals surface area contributed by atoms with Crippen LogP contribution in [0.5, 0.6) is 0 Å². The Labute approximate surface area is 130 Å². The van der Waals surface area contributed by atoms with Gasteiger partial charge in [0, 0.05) is 22.6 Å². The number of benzene rings is 2. The van der Waals surface area contributed by atoms with Gasteiger partial charge in [0.2, 0.25) is 0 Å². The number of hydrogen-bond acceptors (Lipinski definition) is 4. The van der Waals surface area contributed by atoms with Gasteiger partial charge >= 0.3 is 0 Å². The molecule has 2 aromatic carbocycles. The summed E-state index contributed by atoms with van der Waals surface area (Å²) in [5, 5.41) is 23.1. The zero-order valence-corrected chi connectivity index (χ0v) is 12.8. The fraction of sp³-hybridized carbons (Fsp3) is 0.133. The van der Waals surface area contributed by atoms with Crippen LogP contribution in [0, 0.1) is 21.4 Å². The number of nitrogens with one attached hydrogen (secondary N) is 1. The monoisotopic (exact) mass is 345 g/mol. The first-order chi connectivity index (χ1) is 10.0. The van der Waals surface area contributed by atoms with E-state index in [9.17, 15) is 10.1 Å². The smallest absolute Gasteiger partial charge is 0.270 e. The summed E-state index contributed by atoms with van der Waals surface area (Å²) in [6.07, 6.45) is 0. The van der Waals surface area contributed by atoms with Crippen molar-refractivity contribution in [3.05, 3.63) is 68.2 Å². The fourth-order valence-electron chi connectivity index (χ4n) is 1.93. The standard InChI is InChI=1S/C15H12BrN3O2/c1-10(11-2-4-13(16)5-3-11)18-15-7-6-14(19(20)21)8-12(15)9-17/h2-8,10,18H,1H3/t10-/m0/s1. The van der Waals surface area contributed by atoms with E-state index < -0.39 is 4.92 Å². The molecule has 2 aromatic rings. The van der Waals surface area contributed by atoms with Crippen LogP contribution in [0.4, 0.5) is 11.4 Å². The van der Waals surface area contributed by atoms with Gasteiger partial charge in [-0.2, -0.15) is 5.26 Å². The zero-order chi connectivity index (χ0) is 15.4. The Bertz CT molecular complexity index is 708. The average molecular weight is 346 g/mol. The van der Waals surface area contributed by atoms with Crippen LogP contribution < -0.4 is 5.32 Å². The maximum atomic E-state index is 10.7. The third-order valence-electron chi connectivity index (χ3n) is 3.08. The van der Waals surface area contributed by atoms with E-state index in [0.29, 0.717) is 5.69 Å². The molecule has 0 saturated heterocycles. The number of halogens is 1. The van der Waals surface area contributed by atoms with E-state index in [4.69, 9.17) is 5.26 Å². The highest BCUT2D eigenvalue weighted by Crippen LogP contribution is 2.26. The predicted molar refractivity (Wildman–Crippen MR) is 84.0 cm³/mol. The van der Waals surface area contributed by atoms with Crippen molar-refractivity contribution in [3.63, 3.8) is 0 Å². The Kier molecular flexibility index (Phi) is 4.55. The highest BCUT2D eigenvalue weighted by molar-refractivity contribution is 9.10. The van der Waals surface area contributed by atoms with Gasteiger partial charge in [0.05, 0.1) is 16.2 Å². The normalized spacial score (nSPS) is 11.5. The minimum Gasteiger partial charge on any atom is -0.377 e. The molecule has 1 N–H and O–H groups in total. The predicted octanol–water partition coefficient (Wildman–Crippen LogP) is 4.40. The largest absolute Gasteiger partial charge is 0.377 e. The fourth-order valence-corrected chi connectivity index (χ4v) is 2.20. The third kappa shape index (κ3) is 3.58. The van der Waals surface area contributed by atoms with Crippen molar-refractivity contribution < 1.29 is 4.92 Å². The van der Waals surface area contributed by atoms with Crippen LogP contribution in [0.15, 0.2) is 46.9 Å². The Morgan fingerprint density at radius 3 is 2.52 bits per heavy atom. The molecular formula is C15H12BrN3O2. The minimum atomic E-state index is -0.511. The van der Waals surface area contributed by atoms with Gasteiger partial charge < -0.3 is 5.32 Å². The molecule has 0 unspecified atom stereocenters. The van der Waals surface area contributed by atoms with Crippen molar-refractivity contribution >= 4 is 27.3 Å². The number of nitro groups is 1. The van der Waals surface area contributed by atoms with Gasteiger partial charge in [-0.05, 0) is 30.7 Å². The van der Waals surface area contributed by atoms with E-state index in [-0.39, 0.29) is 17.3 Å². The summed E-state index contributed by atoms with van der Waals surface area (Å²) in [6.45, 7) is 1.96. The van der Waals surface area contributed by atoms with E-state index >= 15 is 0 Å². The van der Waals surface area contributed by atoms with Gasteiger partial charge in [-0.1, -0.05) is 28.1 Å². The molecule has 106 valence electrons. The van der Waals surface area contributed by atoms with E-state index in [1.54, 1.807) is 6.07 Å². The summed E-state index contributed by atoms with van der Waals surface area (Å²) >= 11 is 3.38. The lowest BCUT2D eigenvalue weighted by Crippen LogP contribution is -2.08. The first-order valence-electron chi connectivity index (χ1n) is 6.22. The highest BCUT2D eigenvalue weighted by atomic mass is 79.9. The lowest BCUT2D eigenvalue weighted by molar-refractivity contribution is -0.384. The lowest BCUT2D eigenvalue weighted by Gasteiger charge is -2.16. The summed E-state index contributed by atoms with van der Waals surface area (Å²) in [4.78, 5) is 10.2. The molecule has 0 saturated carbocycles. The Morgan fingerprint density at radius 1 is 1.29 bits per heavy atom. The van der Waals surface area contributed by atoms with Gasteiger partial charge in [-0.15, -0.1) is 0 Å². The topological polar surface area (TPSA) is 79.0 Å². The van der Waals surface area contributed by atoms with E-state index in [1.807, 2.05) is 37.3 Å². The van der Waals surface area contributed by atoms with Gasteiger partial charge in [0.15, 0.2) is 0 Å². The second-order valence-electron chi connectivity index (χ2n) is 4.52. The Balaban J connectivity index is 2.25. The summed E-state index contributed by atoms with van der Waals surface area (Å²) in [6, 6.07) is 14.0. The number of anilines is 1. The molecule has 0 aliphatic carbocycles. The number of nitriles is 1. The van der Waals surface area contributed by atoms with Crippen molar-refractivity contribution in [3.8, 4) is 6.07 Å². The van der Waals surface area contributed by atoms with Crippen molar-refractivity contribution in [1.82, 2.24) is 0 Å². The molecule has 2 rings (SSSR count). The quantitative estimate of drug-likeness (QED) is 0.657. The van der Waals surface area contributed by atoms with Gasteiger partial charge in [-0.25, -0.2) is 0 Å². The first-order valence-corrected chi connectivity index (χ1v) is 7.01. The first kappa shape index (κ1) is 15.0. The lowest BCUT2D eigenvalue weighted by atomic mass is 10.1. The van der Waals surface area contributed by atoms with Crippen LogP contribution in [0.2, 0.25) is 0 Å². The van der Waals surface area contributed by atoms with Crippen LogP contribution >= 0.6 is 15.9 Å². The number of non-ortho nitro benzene ring substituents is 1. The van der Waals surface area contributed by atoms with Crippen LogP contribution in [-0.2, 0) is 0 Å². The molecule has 6 heteroatoms. The molecule has 0 fully saturated rings. The second kappa shape index (κ2) is 6.37. The molecule has 0 aliphatic heterocycles. The molecule has 0 aromatic heterocycles. The SMILES string of the molecule is C[C@H](Nc1ccc([N+](=O)[O-])cc1C#N)c1ccc(Br)cc1. The number of rotatable bonds is 4. The molecular weight excluding hydrogens is 334 g/mol. The van der Waals surface area contributed by atoms with Crippen molar-refractivity contribution in [2.24, 2.45) is 0 Å². The van der Waals surface area contributed by atoms with Gasteiger partial charge in [0.25, 0.3) is 5.69 Å². The molecule has 0 spiro atoms. The Morgan fingerprint density at radius 2 is 1.95 bits per heavy atom. The number of hydrogen-bond donors (Lipinski definition) is 1. The third-order valence-corrected chi connectivity index (χ3v) is 3.61. The minimum absolute atomic E-state index is 0.0216. The van der Waals surface area contributed by atoms with Crippen LogP contribution in [0.3, 0.4) is 0 Å². The number of nitro benzene ring substituents is 1. The second-order valence-corrected chi connectivity index (χ2v) is 5.43. The molecule has 0 aliphatic rings. The van der Waals surface area contributed by atoms with Crippen LogP contribution in [0.25, 0.3) is 0 Å². The maximum Gasteiger partial charge on any atom is 0.270 e. The van der Waals surface area contributed by atoms with Crippen molar-refractivity contribution in [2.75, 3.05) is 5.32 Å². The maximum absolute atomic E-state index is 10.7. The van der Waals surface area contributed by atoms with Gasteiger partial charge in [0.1, 0.15) is 6.07 Å². The molecule has 5 nitrogen and oxygen atoms in total. The molecule has 0 amide bonds. The average Bonchev–Trinajstić information content (AvgIpc) is 2.48. The molecule has 0 radical (unpaired) electrons. The van der Waals surface area contributed by atoms with Gasteiger partial charge in [-0.3, -0.25) is 10.1 Å². The van der Waals surface area contributed by atoms with Crippen LogP contribution in [-0.4, -0.2) is 4.92 Å². The summed E-state index contributed by atoms with van der Waals surface area (Å²) in [5.74, 6) is 0. The van der Waals surface area contributed by atoms with E-state index in [0.717, 1.165) is 10.0 Å². The highest BCUT2D eigenvalue weighted by Gasteiger charge is 2.13. The summed E-state index contributed by atoms with van der Waals surface area (Å²) < 4.78 is 0.992. The van der Waals surface area contributed by atoms with Crippen molar-refractivity contribution in [1.29, 1.82) is 5.26 Å². The van der Waals surface area contributed by atoms with Crippen molar-refractivity contribution in [2.45, 2.75) is 13.0 Å². The molecule has 0 heterocycles. The molecule has 1 atom stereocenters. The van der Waals surface area contributed by atoms with Crippen LogP contribution in [0.1, 0.15) is 24.1 Å². The summed E-state index contributed by atoms with van der Waals surface area (Å²) in [7, 11) is 0.